The Bertz CT molecular complexity index is 1920. The number of unbranched alkanes of at least 4 members (excludes halogenated alkanes) is 42. The van der Waals surface area contributed by atoms with Gasteiger partial charge < -0.3 is 33.8 Å². The van der Waals surface area contributed by atoms with Crippen LogP contribution in [0.25, 0.3) is 0 Å². The van der Waals surface area contributed by atoms with E-state index in [4.69, 9.17) is 37.0 Å². The van der Waals surface area contributed by atoms with Gasteiger partial charge >= 0.3 is 39.5 Å². The van der Waals surface area contributed by atoms with E-state index in [2.05, 4.69) is 58.9 Å². The zero-order chi connectivity index (χ0) is 69.8. The molecule has 3 unspecified atom stereocenters. The monoisotopic (exact) mass is 1390 g/mol. The summed E-state index contributed by atoms with van der Waals surface area (Å²) in [4.78, 5) is 72.7. The summed E-state index contributed by atoms with van der Waals surface area (Å²) in [6, 6.07) is 0. The van der Waals surface area contributed by atoms with Gasteiger partial charge in [0.1, 0.15) is 19.3 Å². The Morgan fingerprint density at radius 3 is 0.895 bits per heavy atom. The first-order valence-electron chi connectivity index (χ1n) is 39.0. The third-order valence-corrected chi connectivity index (χ3v) is 19.4. The summed E-state index contributed by atoms with van der Waals surface area (Å²) in [5, 5.41) is 10.6. The summed E-state index contributed by atoms with van der Waals surface area (Å²) in [6.45, 7) is 7.16. The Morgan fingerprint density at radius 1 is 0.337 bits per heavy atom. The minimum atomic E-state index is -4.96. The predicted octanol–water partition coefficient (Wildman–Crippen LogP) is 22.0. The summed E-state index contributed by atoms with van der Waals surface area (Å²) in [5.41, 5.74) is 0. The number of ether oxygens (including phenoxy) is 4. The van der Waals surface area contributed by atoms with Crippen molar-refractivity contribution in [3.63, 3.8) is 0 Å². The normalized spacial score (nSPS) is 14.4. The molecule has 0 spiro atoms. The molecule has 0 aliphatic heterocycles. The Hall–Kier alpha value is -2.46. The van der Waals surface area contributed by atoms with Gasteiger partial charge in [-0.1, -0.05) is 322 Å². The van der Waals surface area contributed by atoms with Gasteiger partial charge in [0, 0.05) is 25.7 Å². The van der Waals surface area contributed by atoms with E-state index < -0.39 is 97.5 Å². The molecule has 0 fully saturated rings. The Morgan fingerprint density at radius 2 is 0.589 bits per heavy atom. The standard InChI is InChI=1S/C76H144O17P2/c1-6-10-13-16-19-22-25-27-29-30-31-32-33-35-37-39-42-45-51-56-61-75(80)92-71(65-86-74(79)60-55-50-44-41-38-36-34-28-26-23-20-17-14-11-7-2)67-90-94(82,83)88-63-70(77)64-89-95(84,85)91-68-72(93-76(81)62-57-52-47-46-48-53-58-69(5)9-4)66-87-73(78)59-54-49-43-40-24-21-18-15-12-8-3/h23,26,28,34,69-72,77H,6-22,24-25,27,29-33,35-68H2,1-5H3,(H,82,83)(H,84,85)/b26-23-,34-28-/t69?,70-,71-,72-/m1/s1. The highest BCUT2D eigenvalue weighted by atomic mass is 31.2. The molecule has 0 radical (unpaired) electrons. The van der Waals surface area contributed by atoms with Gasteiger partial charge in [-0.2, -0.15) is 0 Å². The van der Waals surface area contributed by atoms with Gasteiger partial charge in [0.2, 0.25) is 0 Å². The van der Waals surface area contributed by atoms with E-state index in [1.54, 1.807) is 0 Å². The molecule has 0 aromatic rings. The minimum Gasteiger partial charge on any atom is -0.462 e. The topological polar surface area (TPSA) is 237 Å². The number of rotatable bonds is 74. The van der Waals surface area contributed by atoms with E-state index >= 15 is 0 Å². The fourth-order valence-electron chi connectivity index (χ4n) is 11.1. The number of phosphoric acid groups is 2. The first-order chi connectivity index (χ1) is 46.1. The van der Waals surface area contributed by atoms with Crippen molar-refractivity contribution in [2.24, 2.45) is 5.92 Å². The number of hydrogen-bond donors (Lipinski definition) is 3. The van der Waals surface area contributed by atoms with Gasteiger partial charge in [0.25, 0.3) is 0 Å². The molecule has 0 aliphatic carbocycles. The summed E-state index contributed by atoms with van der Waals surface area (Å²) in [7, 11) is -9.92. The van der Waals surface area contributed by atoms with E-state index in [9.17, 15) is 43.2 Å². The van der Waals surface area contributed by atoms with Crippen molar-refractivity contribution in [1.29, 1.82) is 0 Å². The molecule has 0 saturated carbocycles. The van der Waals surface area contributed by atoms with Crippen LogP contribution in [0.4, 0.5) is 0 Å². The van der Waals surface area contributed by atoms with E-state index in [0.717, 1.165) is 115 Å². The van der Waals surface area contributed by atoms with Crippen LogP contribution < -0.4 is 0 Å². The second kappa shape index (κ2) is 68.7. The molecule has 560 valence electrons. The van der Waals surface area contributed by atoms with Crippen molar-refractivity contribution in [3.05, 3.63) is 24.3 Å². The molecule has 3 N–H and O–H groups in total. The van der Waals surface area contributed by atoms with Gasteiger partial charge in [-0.05, 0) is 57.3 Å². The average Bonchev–Trinajstić information content (AvgIpc) is 1.79. The fourth-order valence-corrected chi connectivity index (χ4v) is 12.7. The number of aliphatic hydroxyl groups excluding tert-OH is 1. The summed E-state index contributed by atoms with van der Waals surface area (Å²) >= 11 is 0. The highest BCUT2D eigenvalue weighted by molar-refractivity contribution is 7.47. The number of esters is 4. The van der Waals surface area contributed by atoms with E-state index in [0.29, 0.717) is 25.7 Å². The van der Waals surface area contributed by atoms with Crippen LogP contribution >= 0.6 is 15.6 Å². The molecule has 17 nitrogen and oxygen atoms in total. The highest BCUT2D eigenvalue weighted by Crippen LogP contribution is 2.45. The summed E-state index contributed by atoms with van der Waals surface area (Å²) in [6.07, 6.45) is 60.6. The molecule has 0 heterocycles. The third-order valence-electron chi connectivity index (χ3n) is 17.5. The van der Waals surface area contributed by atoms with Crippen LogP contribution in [0.2, 0.25) is 0 Å². The van der Waals surface area contributed by atoms with Crippen molar-refractivity contribution in [2.45, 2.75) is 393 Å². The van der Waals surface area contributed by atoms with Gasteiger partial charge in [-0.25, -0.2) is 9.13 Å². The maximum Gasteiger partial charge on any atom is 0.472 e. The maximum absolute atomic E-state index is 13.1. The summed E-state index contributed by atoms with van der Waals surface area (Å²) in [5.74, 6) is -1.43. The van der Waals surface area contributed by atoms with Crippen LogP contribution in [0.5, 0.6) is 0 Å². The smallest absolute Gasteiger partial charge is 0.462 e. The second-order valence-electron chi connectivity index (χ2n) is 26.9. The number of hydrogen-bond acceptors (Lipinski definition) is 15. The Kier molecular flexibility index (Phi) is 66.9. The number of carbonyl (C=O) groups is 4. The molecule has 0 amide bonds. The number of phosphoric ester groups is 2. The van der Waals surface area contributed by atoms with Crippen molar-refractivity contribution in [3.8, 4) is 0 Å². The minimum absolute atomic E-state index is 0.101. The van der Waals surface area contributed by atoms with Crippen LogP contribution in [0.3, 0.4) is 0 Å². The predicted molar refractivity (Wildman–Crippen MR) is 386 cm³/mol. The van der Waals surface area contributed by atoms with Crippen LogP contribution in [0, 0.1) is 5.92 Å². The maximum atomic E-state index is 13.1. The van der Waals surface area contributed by atoms with Crippen molar-refractivity contribution >= 4 is 39.5 Å². The van der Waals surface area contributed by atoms with Crippen LogP contribution in [-0.4, -0.2) is 96.7 Å². The molecular weight excluding hydrogens is 1250 g/mol. The lowest BCUT2D eigenvalue weighted by atomic mass is 10.00. The Labute approximate surface area is 580 Å². The molecule has 6 atom stereocenters. The Balaban J connectivity index is 5.24. The van der Waals surface area contributed by atoms with E-state index in [-0.39, 0.29) is 25.7 Å². The molecule has 0 bridgehead atoms. The molecule has 0 saturated heterocycles. The SMILES string of the molecule is CCCCCC/C=C\C=C/CCCCCCCC(=O)OC[C@H](COP(=O)(O)OC[C@@H](O)COP(=O)(O)OC[C@@H](COC(=O)CCCCCCCCCCCC)OC(=O)CCCCCCCCC(C)CC)OC(=O)CCCCCCCCCCCCCCCCCCCCCC. The van der Waals surface area contributed by atoms with Crippen molar-refractivity contribution in [2.75, 3.05) is 39.6 Å². The zero-order valence-corrected chi connectivity index (χ0v) is 63.1. The van der Waals surface area contributed by atoms with Crippen LogP contribution in [0.15, 0.2) is 24.3 Å². The average molecular weight is 1390 g/mol. The van der Waals surface area contributed by atoms with Gasteiger partial charge in [0.15, 0.2) is 12.2 Å². The largest absolute Gasteiger partial charge is 0.472 e. The lowest BCUT2D eigenvalue weighted by Gasteiger charge is -2.21. The number of allylic oxidation sites excluding steroid dienone is 4. The first-order valence-corrected chi connectivity index (χ1v) is 42.0. The lowest BCUT2D eigenvalue weighted by Crippen LogP contribution is -2.30. The molecule has 0 rings (SSSR count). The second-order valence-corrected chi connectivity index (χ2v) is 29.9. The van der Waals surface area contributed by atoms with E-state index in [1.807, 2.05) is 0 Å². The highest BCUT2D eigenvalue weighted by Gasteiger charge is 2.30. The number of carbonyl (C=O) groups excluding carboxylic acids is 4. The van der Waals surface area contributed by atoms with Gasteiger partial charge in [-0.3, -0.25) is 37.3 Å². The van der Waals surface area contributed by atoms with Gasteiger partial charge in [-0.15, -0.1) is 0 Å². The molecular formula is C76H144O17P2. The van der Waals surface area contributed by atoms with E-state index in [1.165, 1.54) is 180 Å². The third kappa shape index (κ3) is 68.5. The first kappa shape index (κ1) is 92.5. The molecule has 0 aromatic heterocycles. The van der Waals surface area contributed by atoms with Crippen molar-refractivity contribution < 1.29 is 80.2 Å². The molecule has 95 heavy (non-hydrogen) atoms. The molecule has 0 aliphatic rings. The quantitative estimate of drug-likeness (QED) is 0.0169. The zero-order valence-electron chi connectivity index (χ0n) is 61.3. The fraction of sp³-hybridized carbons (Fsp3) is 0.895. The van der Waals surface area contributed by atoms with Crippen LogP contribution in [-0.2, 0) is 65.4 Å². The molecule has 19 heteroatoms. The van der Waals surface area contributed by atoms with Crippen molar-refractivity contribution in [1.82, 2.24) is 0 Å². The lowest BCUT2D eigenvalue weighted by molar-refractivity contribution is -0.161. The van der Waals surface area contributed by atoms with Crippen LogP contribution in [0.1, 0.15) is 375 Å². The van der Waals surface area contributed by atoms with Gasteiger partial charge in [0.05, 0.1) is 26.4 Å². The summed E-state index contributed by atoms with van der Waals surface area (Å²) < 4.78 is 68.4. The molecule has 0 aromatic carbocycles. The number of aliphatic hydroxyl groups is 1.